The molecule has 13 heteroatoms. The smallest absolute Gasteiger partial charge is 0.235 e. The number of hydrogen-bond donors (Lipinski definition) is 3. The summed E-state index contributed by atoms with van der Waals surface area (Å²) in [5.74, 6) is -0.604. The van der Waals surface area contributed by atoms with Crippen LogP contribution in [0.4, 0.5) is 17.2 Å². The standard InChI is InChI=1S/C26H25ClN6O5S/c1-39(36,37)15-25(35)29-10-8-24(34)32-18-4-6-22-20(11-18)26(31-16-30-22)33-19-5-7-23(21(27)12-19)38-14-17-3-2-9-28-13-17/h2-7,9,11-13,16H,8,10,14-15H2,1H3,(H,29,35)(H,32,34)(H,30,31,33). The van der Waals surface area contributed by atoms with Crippen LogP contribution in [0, 0.1) is 0 Å². The first-order valence-corrected chi connectivity index (χ1v) is 14.2. The summed E-state index contributed by atoms with van der Waals surface area (Å²) in [6, 6.07) is 14.2. The molecule has 2 aromatic carbocycles. The van der Waals surface area contributed by atoms with Gasteiger partial charge in [0.2, 0.25) is 11.8 Å². The molecule has 0 aliphatic heterocycles. The lowest BCUT2D eigenvalue weighted by atomic mass is 10.2. The van der Waals surface area contributed by atoms with Crippen molar-refractivity contribution < 1.29 is 22.7 Å². The third-order valence-electron chi connectivity index (χ3n) is 5.30. The Bertz CT molecular complexity index is 1600. The van der Waals surface area contributed by atoms with E-state index in [1.165, 1.54) is 6.33 Å². The maximum Gasteiger partial charge on any atom is 0.235 e. The second kappa shape index (κ2) is 12.5. The van der Waals surface area contributed by atoms with Crippen molar-refractivity contribution in [2.75, 3.05) is 29.2 Å². The molecule has 3 N–H and O–H groups in total. The molecule has 0 saturated carbocycles. The molecule has 4 aromatic rings. The molecule has 0 fully saturated rings. The average Bonchev–Trinajstić information content (AvgIpc) is 2.88. The minimum Gasteiger partial charge on any atom is -0.487 e. The van der Waals surface area contributed by atoms with Gasteiger partial charge in [-0.1, -0.05) is 17.7 Å². The predicted octanol–water partition coefficient (Wildman–Crippen LogP) is 3.49. The molecule has 0 saturated heterocycles. The number of nitrogens with one attached hydrogen (secondary N) is 3. The van der Waals surface area contributed by atoms with Crippen LogP contribution in [0.3, 0.4) is 0 Å². The second-order valence-electron chi connectivity index (χ2n) is 8.59. The van der Waals surface area contributed by atoms with E-state index in [9.17, 15) is 18.0 Å². The molecule has 0 atom stereocenters. The summed E-state index contributed by atoms with van der Waals surface area (Å²) in [5, 5.41) is 9.47. The van der Waals surface area contributed by atoms with Crippen molar-refractivity contribution in [3.63, 3.8) is 0 Å². The number of halogens is 1. The lowest BCUT2D eigenvalue weighted by Gasteiger charge is -2.13. The first-order chi connectivity index (χ1) is 18.7. The van der Waals surface area contributed by atoms with Crippen molar-refractivity contribution in [2.45, 2.75) is 13.0 Å². The van der Waals surface area contributed by atoms with Crippen LogP contribution in [0.15, 0.2) is 67.3 Å². The zero-order valence-electron chi connectivity index (χ0n) is 20.8. The van der Waals surface area contributed by atoms with Gasteiger partial charge in [-0.15, -0.1) is 0 Å². The van der Waals surface area contributed by atoms with Crippen molar-refractivity contribution in [1.82, 2.24) is 20.3 Å². The van der Waals surface area contributed by atoms with Gasteiger partial charge in [0, 0.05) is 53.9 Å². The van der Waals surface area contributed by atoms with Crippen molar-refractivity contribution in [3.8, 4) is 5.75 Å². The van der Waals surface area contributed by atoms with Gasteiger partial charge in [-0.05, 0) is 42.5 Å². The molecule has 4 rings (SSSR count). The third kappa shape index (κ3) is 8.35. The molecular weight excluding hydrogens is 544 g/mol. The molecular formula is C26H25ClN6O5S. The topological polar surface area (TPSA) is 152 Å². The molecule has 0 aliphatic rings. The summed E-state index contributed by atoms with van der Waals surface area (Å²) in [6.07, 6.45) is 5.78. The highest BCUT2D eigenvalue weighted by atomic mass is 35.5. The van der Waals surface area contributed by atoms with Crippen molar-refractivity contribution in [2.24, 2.45) is 0 Å². The number of rotatable bonds is 11. The van der Waals surface area contributed by atoms with Gasteiger partial charge in [0.15, 0.2) is 9.84 Å². The average molecular weight is 569 g/mol. The molecule has 0 spiro atoms. The summed E-state index contributed by atoms with van der Waals surface area (Å²) in [5.41, 5.74) is 2.75. The zero-order valence-corrected chi connectivity index (χ0v) is 22.4. The summed E-state index contributed by atoms with van der Waals surface area (Å²) in [6.45, 7) is 0.338. The van der Waals surface area contributed by atoms with Gasteiger partial charge in [-0.2, -0.15) is 0 Å². The normalized spacial score (nSPS) is 11.1. The quantitative estimate of drug-likeness (QED) is 0.247. The fourth-order valence-electron chi connectivity index (χ4n) is 3.54. The summed E-state index contributed by atoms with van der Waals surface area (Å²) in [4.78, 5) is 36.6. The van der Waals surface area contributed by atoms with Crippen molar-refractivity contribution in [1.29, 1.82) is 0 Å². The van der Waals surface area contributed by atoms with E-state index >= 15 is 0 Å². The van der Waals surface area contributed by atoms with Crippen LogP contribution in [0.25, 0.3) is 10.9 Å². The number of carbonyl (C=O) groups is 2. The fourth-order valence-corrected chi connectivity index (χ4v) is 4.35. The molecule has 39 heavy (non-hydrogen) atoms. The molecule has 2 amide bonds. The summed E-state index contributed by atoms with van der Waals surface area (Å²) in [7, 11) is -3.43. The number of hydrogen-bond acceptors (Lipinski definition) is 9. The van der Waals surface area contributed by atoms with Crippen LogP contribution in [0.2, 0.25) is 5.02 Å². The predicted molar refractivity (Wildman–Crippen MR) is 149 cm³/mol. The van der Waals surface area contributed by atoms with E-state index in [0.29, 0.717) is 45.5 Å². The summed E-state index contributed by atoms with van der Waals surface area (Å²) >= 11 is 6.44. The Morgan fingerprint density at radius 3 is 2.59 bits per heavy atom. The first kappa shape index (κ1) is 27.7. The second-order valence-corrected chi connectivity index (χ2v) is 11.1. The maximum absolute atomic E-state index is 12.3. The number of nitrogens with zero attached hydrogens (tertiary/aromatic N) is 3. The number of benzene rings is 2. The third-order valence-corrected chi connectivity index (χ3v) is 6.38. The number of anilines is 3. The highest BCUT2D eigenvalue weighted by molar-refractivity contribution is 7.91. The number of sulfone groups is 1. The van der Waals surface area contributed by atoms with Gasteiger partial charge in [-0.3, -0.25) is 14.6 Å². The van der Waals surface area contributed by atoms with E-state index in [1.807, 2.05) is 18.2 Å². The van der Waals surface area contributed by atoms with Crippen LogP contribution < -0.4 is 20.7 Å². The fraction of sp³-hybridized carbons (Fsp3) is 0.192. The van der Waals surface area contributed by atoms with E-state index < -0.39 is 21.5 Å². The monoisotopic (exact) mass is 568 g/mol. The summed E-state index contributed by atoms with van der Waals surface area (Å²) < 4.78 is 28.1. The molecule has 2 heterocycles. The zero-order chi connectivity index (χ0) is 27.8. The molecule has 0 aliphatic carbocycles. The Kier molecular flexibility index (Phi) is 8.89. The van der Waals surface area contributed by atoms with Gasteiger partial charge < -0.3 is 20.7 Å². The maximum atomic E-state index is 12.3. The van der Waals surface area contributed by atoms with E-state index in [1.54, 1.807) is 42.7 Å². The molecule has 202 valence electrons. The van der Waals surface area contributed by atoms with Gasteiger partial charge >= 0.3 is 0 Å². The van der Waals surface area contributed by atoms with Gasteiger partial charge in [0.1, 0.15) is 30.3 Å². The minimum atomic E-state index is -3.43. The van der Waals surface area contributed by atoms with E-state index in [4.69, 9.17) is 16.3 Å². The van der Waals surface area contributed by atoms with Gasteiger partial charge in [0.25, 0.3) is 0 Å². The number of ether oxygens (including phenoxy) is 1. The lowest BCUT2D eigenvalue weighted by molar-refractivity contribution is -0.119. The molecule has 0 bridgehead atoms. The number of aromatic nitrogens is 3. The minimum absolute atomic E-state index is 0.00634. The van der Waals surface area contributed by atoms with Crippen LogP contribution in [-0.2, 0) is 26.0 Å². The van der Waals surface area contributed by atoms with Crippen molar-refractivity contribution in [3.05, 3.63) is 77.8 Å². The largest absolute Gasteiger partial charge is 0.487 e. The first-order valence-electron chi connectivity index (χ1n) is 11.7. The van der Waals surface area contributed by atoms with Crippen LogP contribution in [0.5, 0.6) is 5.75 Å². The van der Waals surface area contributed by atoms with Crippen molar-refractivity contribution >= 4 is 61.3 Å². The Morgan fingerprint density at radius 1 is 1.03 bits per heavy atom. The molecule has 2 aromatic heterocycles. The van der Waals surface area contributed by atoms with Crippen LogP contribution >= 0.6 is 11.6 Å². The number of fused-ring (bicyclic) bond motifs is 1. The van der Waals surface area contributed by atoms with Crippen LogP contribution in [-0.4, -0.2) is 53.7 Å². The number of carbonyl (C=O) groups excluding carboxylic acids is 2. The Balaban J connectivity index is 1.40. The molecule has 0 unspecified atom stereocenters. The van der Waals surface area contributed by atoms with Gasteiger partial charge in [-0.25, -0.2) is 18.4 Å². The van der Waals surface area contributed by atoms with E-state index in [2.05, 4.69) is 30.9 Å². The molecule has 11 nitrogen and oxygen atoms in total. The highest BCUT2D eigenvalue weighted by Crippen LogP contribution is 2.31. The lowest BCUT2D eigenvalue weighted by Crippen LogP contribution is -2.32. The number of pyridine rings is 1. The SMILES string of the molecule is CS(=O)(=O)CC(=O)NCCC(=O)Nc1ccc2ncnc(Nc3ccc(OCc4cccnc4)c(Cl)c3)c2c1. The Hall–Kier alpha value is -4.29. The number of amides is 2. The highest BCUT2D eigenvalue weighted by Gasteiger charge is 2.12. The Labute approximate surface area is 229 Å². The van der Waals surface area contributed by atoms with Crippen LogP contribution in [0.1, 0.15) is 12.0 Å². The van der Waals surface area contributed by atoms with Gasteiger partial charge in [0.05, 0.1) is 10.5 Å². The van der Waals surface area contributed by atoms with E-state index in [-0.39, 0.29) is 18.9 Å². The van der Waals surface area contributed by atoms with E-state index in [0.717, 1.165) is 11.8 Å². The molecule has 0 radical (unpaired) electrons. The Morgan fingerprint density at radius 2 is 1.85 bits per heavy atom.